The third-order valence-electron chi connectivity index (χ3n) is 4.57. The highest BCUT2D eigenvalue weighted by molar-refractivity contribution is 5.79. The molecular formula is C19H19NO4. The van der Waals surface area contributed by atoms with E-state index >= 15 is 0 Å². The molecule has 0 saturated carbocycles. The molecule has 0 aliphatic carbocycles. The number of hydrogen-bond acceptors (Lipinski definition) is 4. The number of methoxy groups -OCH3 is 1. The molecule has 2 aromatic carbocycles. The van der Waals surface area contributed by atoms with E-state index in [4.69, 9.17) is 14.2 Å². The molecule has 0 saturated heterocycles. The molecule has 5 heteroatoms. The predicted molar refractivity (Wildman–Crippen MR) is 88.4 cm³/mol. The summed E-state index contributed by atoms with van der Waals surface area (Å²) in [4.78, 5) is 14.5. The fourth-order valence-corrected chi connectivity index (χ4v) is 3.19. The molecule has 0 atom stereocenters. The molecule has 0 fully saturated rings. The fraction of sp³-hybridized carbons (Fsp3) is 0.316. The Balaban J connectivity index is 1.46. The molecule has 0 bridgehead atoms. The monoisotopic (exact) mass is 325 g/mol. The minimum atomic E-state index is 0.142. The first-order valence-corrected chi connectivity index (χ1v) is 8.05. The van der Waals surface area contributed by atoms with Crippen LogP contribution in [-0.4, -0.2) is 31.3 Å². The zero-order valence-corrected chi connectivity index (χ0v) is 13.6. The summed E-state index contributed by atoms with van der Waals surface area (Å²) in [6, 6.07) is 11.7. The van der Waals surface area contributed by atoms with Crippen LogP contribution < -0.4 is 14.2 Å². The zero-order chi connectivity index (χ0) is 16.5. The number of carbonyl (C=O) groups excluding carboxylic acids is 1. The summed E-state index contributed by atoms with van der Waals surface area (Å²) in [7, 11) is 1.64. The van der Waals surface area contributed by atoms with Crippen LogP contribution >= 0.6 is 0 Å². The van der Waals surface area contributed by atoms with E-state index in [0.717, 1.165) is 41.3 Å². The van der Waals surface area contributed by atoms with Crippen LogP contribution in [-0.2, 0) is 24.2 Å². The van der Waals surface area contributed by atoms with Crippen LogP contribution in [0.1, 0.15) is 16.7 Å². The average molecular weight is 325 g/mol. The van der Waals surface area contributed by atoms with Gasteiger partial charge < -0.3 is 19.1 Å². The standard InChI is InChI=1S/C19H19NO4/c1-22-16-4-2-13(3-5-16)8-19(21)20-7-6-14-9-17-18(24-12-23-17)10-15(14)11-20/h2-5,9-10H,6-8,11-12H2,1H3. The third kappa shape index (κ3) is 2.77. The Morgan fingerprint density at radius 2 is 1.83 bits per heavy atom. The summed E-state index contributed by atoms with van der Waals surface area (Å²) in [5.74, 6) is 2.53. The third-order valence-corrected chi connectivity index (χ3v) is 4.57. The molecule has 0 unspecified atom stereocenters. The Kier molecular flexibility index (Phi) is 3.76. The highest BCUT2D eigenvalue weighted by atomic mass is 16.7. The van der Waals surface area contributed by atoms with Gasteiger partial charge >= 0.3 is 0 Å². The fourth-order valence-electron chi connectivity index (χ4n) is 3.19. The number of nitrogens with zero attached hydrogens (tertiary/aromatic N) is 1. The molecule has 0 spiro atoms. The number of fused-ring (bicyclic) bond motifs is 2. The SMILES string of the molecule is COc1ccc(CC(=O)N2CCc3cc4c(cc3C2)OCO4)cc1. The number of benzene rings is 2. The molecule has 0 N–H and O–H groups in total. The molecule has 1 amide bonds. The highest BCUT2D eigenvalue weighted by Crippen LogP contribution is 2.36. The van der Waals surface area contributed by atoms with E-state index < -0.39 is 0 Å². The average Bonchev–Trinajstić information content (AvgIpc) is 3.07. The Morgan fingerprint density at radius 1 is 1.12 bits per heavy atom. The van der Waals surface area contributed by atoms with Crippen molar-refractivity contribution in [1.29, 1.82) is 0 Å². The van der Waals surface area contributed by atoms with Crippen molar-refractivity contribution in [2.24, 2.45) is 0 Å². The number of amides is 1. The summed E-state index contributed by atoms with van der Waals surface area (Å²) in [6.45, 7) is 1.64. The number of ether oxygens (including phenoxy) is 3. The number of carbonyl (C=O) groups is 1. The maximum Gasteiger partial charge on any atom is 0.231 e. The van der Waals surface area contributed by atoms with E-state index in [1.807, 2.05) is 41.3 Å². The van der Waals surface area contributed by atoms with Gasteiger partial charge in [-0.2, -0.15) is 0 Å². The van der Waals surface area contributed by atoms with E-state index in [9.17, 15) is 4.79 Å². The Bertz CT molecular complexity index is 770. The predicted octanol–water partition coefficient (Wildman–Crippen LogP) is 2.55. The minimum absolute atomic E-state index is 0.142. The molecule has 24 heavy (non-hydrogen) atoms. The largest absolute Gasteiger partial charge is 0.497 e. The van der Waals surface area contributed by atoms with Gasteiger partial charge in [0.1, 0.15) is 5.75 Å². The smallest absolute Gasteiger partial charge is 0.231 e. The van der Waals surface area contributed by atoms with Crippen LogP contribution in [0.15, 0.2) is 36.4 Å². The van der Waals surface area contributed by atoms with Gasteiger partial charge in [0.15, 0.2) is 11.5 Å². The first-order chi connectivity index (χ1) is 11.7. The van der Waals surface area contributed by atoms with Crippen LogP contribution in [0.5, 0.6) is 17.2 Å². The Hall–Kier alpha value is -2.69. The maximum absolute atomic E-state index is 12.6. The lowest BCUT2D eigenvalue weighted by Crippen LogP contribution is -2.36. The summed E-state index contributed by atoms with van der Waals surface area (Å²) < 4.78 is 16.0. The van der Waals surface area contributed by atoms with Crippen LogP contribution in [0, 0.1) is 0 Å². The van der Waals surface area contributed by atoms with Crippen LogP contribution in [0.4, 0.5) is 0 Å². The zero-order valence-electron chi connectivity index (χ0n) is 13.6. The molecule has 2 aliphatic heterocycles. The van der Waals surface area contributed by atoms with Crippen molar-refractivity contribution >= 4 is 5.91 Å². The van der Waals surface area contributed by atoms with Gasteiger partial charge in [-0.3, -0.25) is 4.79 Å². The molecule has 0 radical (unpaired) electrons. The van der Waals surface area contributed by atoms with Gasteiger partial charge in [0.05, 0.1) is 13.5 Å². The van der Waals surface area contributed by atoms with Gasteiger partial charge in [-0.15, -0.1) is 0 Å². The van der Waals surface area contributed by atoms with Crippen molar-refractivity contribution in [2.75, 3.05) is 20.4 Å². The maximum atomic E-state index is 12.6. The van der Waals surface area contributed by atoms with Crippen molar-refractivity contribution < 1.29 is 19.0 Å². The van der Waals surface area contributed by atoms with Crippen molar-refractivity contribution in [3.63, 3.8) is 0 Å². The summed E-state index contributed by atoms with van der Waals surface area (Å²) in [5.41, 5.74) is 3.39. The Labute approximate surface area is 140 Å². The molecule has 2 aromatic rings. The summed E-state index contributed by atoms with van der Waals surface area (Å²) >= 11 is 0. The van der Waals surface area contributed by atoms with Crippen molar-refractivity contribution in [3.8, 4) is 17.2 Å². The molecule has 0 aromatic heterocycles. The topological polar surface area (TPSA) is 48.0 Å². The lowest BCUT2D eigenvalue weighted by atomic mass is 9.98. The van der Waals surface area contributed by atoms with E-state index in [2.05, 4.69) is 0 Å². The lowest BCUT2D eigenvalue weighted by Gasteiger charge is -2.29. The summed E-state index contributed by atoms with van der Waals surface area (Å²) in [6.07, 6.45) is 1.25. The quantitative estimate of drug-likeness (QED) is 0.870. The lowest BCUT2D eigenvalue weighted by molar-refractivity contribution is -0.131. The summed E-state index contributed by atoms with van der Waals surface area (Å²) in [5, 5.41) is 0. The molecule has 2 aliphatic rings. The minimum Gasteiger partial charge on any atom is -0.497 e. The second kappa shape index (κ2) is 6.07. The number of rotatable bonds is 3. The number of hydrogen-bond donors (Lipinski definition) is 0. The van der Waals surface area contributed by atoms with Crippen LogP contribution in [0.25, 0.3) is 0 Å². The molecule has 5 nitrogen and oxygen atoms in total. The van der Waals surface area contributed by atoms with Crippen LogP contribution in [0.2, 0.25) is 0 Å². The Morgan fingerprint density at radius 3 is 2.54 bits per heavy atom. The second-order valence-corrected chi connectivity index (χ2v) is 6.06. The van der Waals surface area contributed by atoms with E-state index in [1.54, 1.807) is 7.11 Å². The van der Waals surface area contributed by atoms with Gasteiger partial charge in [0.25, 0.3) is 0 Å². The first-order valence-electron chi connectivity index (χ1n) is 8.05. The van der Waals surface area contributed by atoms with E-state index in [0.29, 0.717) is 13.0 Å². The molecule has 124 valence electrons. The highest BCUT2D eigenvalue weighted by Gasteiger charge is 2.24. The van der Waals surface area contributed by atoms with Gasteiger partial charge in [-0.1, -0.05) is 12.1 Å². The van der Waals surface area contributed by atoms with E-state index in [-0.39, 0.29) is 12.7 Å². The van der Waals surface area contributed by atoms with Gasteiger partial charge in [-0.05, 0) is 47.4 Å². The van der Waals surface area contributed by atoms with Gasteiger partial charge in [0, 0.05) is 13.1 Å². The van der Waals surface area contributed by atoms with Gasteiger partial charge in [0.2, 0.25) is 12.7 Å². The van der Waals surface area contributed by atoms with Crippen molar-refractivity contribution in [1.82, 2.24) is 4.90 Å². The molecule has 4 rings (SSSR count). The van der Waals surface area contributed by atoms with Crippen molar-refractivity contribution in [3.05, 3.63) is 53.1 Å². The second-order valence-electron chi connectivity index (χ2n) is 6.06. The van der Waals surface area contributed by atoms with Crippen LogP contribution in [0.3, 0.4) is 0 Å². The van der Waals surface area contributed by atoms with Gasteiger partial charge in [-0.25, -0.2) is 0 Å². The molecule has 2 heterocycles. The normalized spacial score (nSPS) is 15.1. The van der Waals surface area contributed by atoms with Crippen molar-refractivity contribution in [2.45, 2.75) is 19.4 Å². The van der Waals surface area contributed by atoms with E-state index in [1.165, 1.54) is 5.56 Å². The first kappa shape index (κ1) is 14.9. The molecular weight excluding hydrogens is 306 g/mol.